The molecule has 2 heterocycles. The molecule has 45 heavy (non-hydrogen) atoms. The second kappa shape index (κ2) is 10.2. The van der Waals surface area contributed by atoms with Gasteiger partial charge in [0, 0.05) is 38.5 Å². The van der Waals surface area contributed by atoms with Crippen molar-refractivity contribution in [3.05, 3.63) is 158 Å². The molecule has 0 N–H and O–H groups in total. The maximum atomic E-state index is 6.40. The number of fused-ring (bicyclic) bond motifs is 6. The van der Waals surface area contributed by atoms with E-state index in [9.17, 15) is 0 Å². The maximum Gasteiger partial charge on any atom is 0.227 e. The van der Waals surface area contributed by atoms with E-state index in [-0.39, 0.29) is 0 Å². The van der Waals surface area contributed by atoms with Gasteiger partial charge in [-0.2, -0.15) is 0 Å². The third-order valence-corrected chi connectivity index (χ3v) is 8.50. The first-order chi connectivity index (χ1) is 22.3. The van der Waals surface area contributed by atoms with E-state index in [4.69, 9.17) is 13.8 Å². The lowest BCUT2D eigenvalue weighted by Gasteiger charge is -2.27. The summed E-state index contributed by atoms with van der Waals surface area (Å²) in [6.07, 6.45) is 0. The number of furan rings is 1. The fourth-order valence-corrected chi connectivity index (χ4v) is 6.44. The first kappa shape index (κ1) is 25.4. The van der Waals surface area contributed by atoms with Crippen molar-refractivity contribution in [2.75, 3.05) is 4.90 Å². The lowest BCUT2D eigenvalue weighted by Crippen LogP contribution is -2.10. The predicted molar refractivity (Wildman–Crippen MR) is 184 cm³/mol. The summed E-state index contributed by atoms with van der Waals surface area (Å²) in [7, 11) is 0. The zero-order valence-corrected chi connectivity index (χ0v) is 24.2. The van der Waals surface area contributed by atoms with Crippen molar-refractivity contribution in [2.45, 2.75) is 0 Å². The van der Waals surface area contributed by atoms with E-state index in [1.807, 2.05) is 54.6 Å². The molecule has 0 aliphatic carbocycles. The van der Waals surface area contributed by atoms with Crippen molar-refractivity contribution in [3.8, 4) is 22.6 Å². The molecule has 4 nitrogen and oxygen atoms in total. The van der Waals surface area contributed by atoms with Crippen molar-refractivity contribution >= 4 is 60.9 Å². The van der Waals surface area contributed by atoms with Gasteiger partial charge in [-0.3, -0.25) is 0 Å². The Kier molecular flexibility index (Phi) is 5.78. The molecular weight excluding hydrogens is 552 g/mol. The first-order valence-corrected chi connectivity index (χ1v) is 15.1. The standard InChI is InChI=1S/C41H26N2O2/c1-3-11-28(12-4-1)41-42-35-26-25-32-33(40(35)45-41)17-9-18-36(32)43(29-13-5-2-6-14-29)30-23-21-27(22-24-30)31-16-10-20-38-39(31)34-15-7-8-19-37(34)44-38/h1-26H. The lowest BCUT2D eigenvalue weighted by molar-refractivity contribution is 0.623. The number of oxazole rings is 1. The summed E-state index contributed by atoms with van der Waals surface area (Å²) in [5.74, 6) is 0.624. The predicted octanol–water partition coefficient (Wildman–Crippen LogP) is 11.7. The van der Waals surface area contributed by atoms with E-state index in [1.165, 1.54) is 0 Å². The molecule has 0 amide bonds. The molecule has 4 heteroatoms. The third kappa shape index (κ3) is 4.19. The Morgan fingerprint density at radius 1 is 0.444 bits per heavy atom. The number of rotatable bonds is 5. The van der Waals surface area contributed by atoms with Gasteiger partial charge in [-0.05, 0) is 77.9 Å². The zero-order valence-electron chi connectivity index (χ0n) is 24.2. The zero-order chi connectivity index (χ0) is 29.7. The summed E-state index contributed by atoms with van der Waals surface area (Å²) in [5.41, 5.74) is 9.88. The van der Waals surface area contributed by atoms with Crippen molar-refractivity contribution < 1.29 is 8.83 Å². The summed E-state index contributed by atoms with van der Waals surface area (Å²) in [4.78, 5) is 7.12. The van der Waals surface area contributed by atoms with Crippen LogP contribution in [0.3, 0.4) is 0 Å². The van der Waals surface area contributed by atoms with Gasteiger partial charge in [0.1, 0.15) is 16.7 Å². The number of nitrogens with zero attached hydrogens (tertiary/aromatic N) is 2. The lowest BCUT2D eigenvalue weighted by atomic mass is 9.99. The van der Waals surface area contributed by atoms with Crippen LogP contribution < -0.4 is 4.90 Å². The number of hydrogen-bond acceptors (Lipinski definition) is 4. The molecule has 9 rings (SSSR count). The van der Waals surface area contributed by atoms with Crippen LogP contribution in [0.2, 0.25) is 0 Å². The highest BCUT2D eigenvalue weighted by Gasteiger charge is 2.19. The van der Waals surface area contributed by atoms with Crippen LogP contribution in [-0.2, 0) is 0 Å². The van der Waals surface area contributed by atoms with Crippen LogP contribution in [0.15, 0.2) is 167 Å². The Hall–Kier alpha value is -6.13. The minimum atomic E-state index is 0.624. The summed E-state index contributed by atoms with van der Waals surface area (Å²) < 4.78 is 12.6. The summed E-state index contributed by atoms with van der Waals surface area (Å²) in [6, 6.07) is 54.4. The smallest absolute Gasteiger partial charge is 0.227 e. The van der Waals surface area contributed by atoms with Crippen LogP contribution in [0.25, 0.3) is 66.4 Å². The molecular formula is C41H26N2O2. The Morgan fingerprint density at radius 3 is 1.98 bits per heavy atom. The molecule has 0 saturated carbocycles. The van der Waals surface area contributed by atoms with Gasteiger partial charge >= 0.3 is 0 Å². The SMILES string of the molecule is c1ccc(-c2nc3ccc4c(N(c5ccccc5)c5ccc(-c6cccc7oc8ccccc8c67)cc5)cccc4c3o2)cc1. The van der Waals surface area contributed by atoms with Crippen LogP contribution in [0.1, 0.15) is 0 Å². The molecule has 0 radical (unpaired) electrons. The highest BCUT2D eigenvalue weighted by molar-refractivity contribution is 6.13. The van der Waals surface area contributed by atoms with E-state index < -0.39 is 0 Å². The average molecular weight is 579 g/mol. The Labute approximate surface area is 259 Å². The van der Waals surface area contributed by atoms with Gasteiger partial charge in [0.2, 0.25) is 5.89 Å². The summed E-state index contributed by atoms with van der Waals surface area (Å²) in [6.45, 7) is 0. The van der Waals surface area contributed by atoms with Gasteiger partial charge in [-0.1, -0.05) is 91.0 Å². The molecule has 9 aromatic rings. The molecule has 0 aliphatic rings. The maximum absolute atomic E-state index is 6.40. The molecule has 0 atom stereocenters. The Bertz CT molecular complexity index is 2480. The van der Waals surface area contributed by atoms with Crippen LogP contribution in [-0.4, -0.2) is 4.98 Å². The van der Waals surface area contributed by atoms with Crippen molar-refractivity contribution in [1.29, 1.82) is 0 Å². The largest absolute Gasteiger partial charge is 0.456 e. The van der Waals surface area contributed by atoms with Crippen LogP contribution >= 0.6 is 0 Å². The third-order valence-electron chi connectivity index (χ3n) is 8.50. The topological polar surface area (TPSA) is 42.4 Å². The van der Waals surface area contributed by atoms with Crippen molar-refractivity contribution in [1.82, 2.24) is 4.98 Å². The fraction of sp³-hybridized carbons (Fsp3) is 0. The van der Waals surface area contributed by atoms with E-state index >= 15 is 0 Å². The number of hydrogen-bond donors (Lipinski definition) is 0. The quantitative estimate of drug-likeness (QED) is 0.204. The van der Waals surface area contributed by atoms with Crippen molar-refractivity contribution in [3.63, 3.8) is 0 Å². The average Bonchev–Trinajstić information content (AvgIpc) is 3.72. The minimum absolute atomic E-state index is 0.624. The number of anilines is 3. The van der Waals surface area contributed by atoms with Gasteiger partial charge in [0.25, 0.3) is 0 Å². The second-order valence-electron chi connectivity index (χ2n) is 11.2. The first-order valence-electron chi connectivity index (χ1n) is 15.1. The van der Waals surface area contributed by atoms with Crippen LogP contribution in [0.4, 0.5) is 17.1 Å². The molecule has 0 spiro atoms. The van der Waals surface area contributed by atoms with Gasteiger partial charge < -0.3 is 13.7 Å². The second-order valence-corrected chi connectivity index (χ2v) is 11.2. The molecule has 0 unspecified atom stereocenters. The van der Waals surface area contributed by atoms with E-state index in [1.54, 1.807) is 0 Å². The highest BCUT2D eigenvalue weighted by atomic mass is 16.3. The number of para-hydroxylation sites is 2. The molecule has 7 aromatic carbocycles. The molecule has 212 valence electrons. The van der Waals surface area contributed by atoms with Crippen LogP contribution in [0, 0.1) is 0 Å². The summed E-state index contributed by atoms with van der Waals surface area (Å²) in [5, 5.41) is 4.38. The van der Waals surface area contributed by atoms with E-state index in [0.717, 1.165) is 77.6 Å². The van der Waals surface area contributed by atoms with Gasteiger partial charge in [0.05, 0.1) is 5.69 Å². The monoisotopic (exact) mass is 578 g/mol. The Morgan fingerprint density at radius 2 is 1.13 bits per heavy atom. The molecule has 0 bridgehead atoms. The van der Waals surface area contributed by atoms with E-state index in [2.05, 4.69) is 108 Å². The van der Waals surface area contributed by atoms with Gasteiger partial charge in [-0.15, -0.1) is 0 Å². The van der Waals surface area contributed by atoms with Crippen LogP contribution in [0.5, 0.6) is 0 Å². The summed E-state index contributed by atoms with van der Waals surface area (Å²) >= 11 is 0. The fourth-order valence-electron chi connectivity index (χ4n) is 6.44. The van der Waals surface area contributed by atoms with Gasteiger partial charge in [-0.25, -0.2) is 4.98 Å². The molecule has 0 fully saturated rings. The highest BCUT2D eigenvalue weighted by Crippen LogP contribution is 2.42. The Balaban J connectivity index is 1.19. The molecule has 2 aromatic heterocycles. The minimum Gasteiger partial charge on any atom is -0.456 e. The number of benzene rings is 7. The van der Waals surface area contributed by atoms with Gasteiger partial charge in [0.15, 0.2) is 5.58 Å². The van der Waals surface area contributed by atoms with Crippen molar-refractivity contribution in [2.24, 2.45) is 0 Å². The normalized spacial score (nSPS) is 11.6. The molecule has 0 saturated heterocycles. The molecule has 0 aliphatic heterocycles. The van der Waals surface area contributed by atoms with E-state index in [0.29, 0.717) is 5.89 Å². The number of aromatic nitrogens is 1.